The van der Waals surface area contributed by atoms with Crippen LogP contribution in [0.15, 0.2) is 24.3 Å². The normalized spacial score (nSPS) is 11.7. The topological polar surface area (TPSA) is 0 Å². The van der Waals surface area contributed by atoms with Gasteiger partial charge in [-0.3, -0.25) is 0 Å². The molecule has 0 unspecified atom stereocenters. The third kappa shape index (κ3) is 1.81. The van der Waals surface area contributed by atoms with E-state index in [1.165, 1.54) is 5.56 Å². The molecule has 1 rings (SSSR count). The largest absolute Gasteiger partial charge is 0.0840 e. The number of benzene rings is 1. The van der Waals surface area contributed by atoms with E-state index in [0.717, 1.165) is 11.4 Å². The number of rotatable bonds is 2. The fourth-order valence-corrected chi connectivity index (χ4v) is 1.59. The van der Waals surface area contributed by atoms with E-state index in [0.29, 0.717) is 0 Å². The van der Waals surface area contributed by atoms with Crippen molar-refractivity contribution in [3.8, 4) is 0 Å². The van der Waals surface area contributed by atoms with Gasteiger partial charge >= 0.3 is 0 Å². The highest BCUT2D eigenvalue weighted by molar-refractivity contribution is 6.31. The lowest BCUT2D eigenvalue weighted by Gasteiger charge is -2.24. The number of halogens is 1. The molecule has 0 radical (unpaired) electrons. The first-order valence-corrected chi connectivity index (χ1v) is 4.70. The quantitative estimate of drug-likeness (QED) is 0.648. The van der Waals surface area contributed by atoms with Crippen molar-refractivity contribution in [1.29, 1.82) is 0 Å². The van der Waals surface area contributed by atoms with Crippen LogP contribution in [0, 0.1) is 0 Å². The van der Waals surface area contributed by atoms with E-state index in [1.807, 2.05) is 18.2 Å². The van der Waals surface area contributed by atoms with Crippen LogP contribution in [0.3, 0.4) is 0 Å². The van der Waals surface area contributed by atoms with E-state index in [9.17, 15) is 0 Å². The molecule has 0 atom stereocenters. The summed E-state index contributed by atoms with van der Waals surface area (Å²) in [5, 5.41) is 0.879. The Morgan fingerprint density at radius 3 is 2.33 bits per heavy atom. The van der Waals surface area contributed by atoms with Crippen LogP contribution in [0.1, 0.15) is 32.8 Å². The fraction of sp³-hybridized carbons (Fsp3) is 0.455. The van der Waals surface area contributed by atoms with Gasteiger partial charge in [0.05, 0.1) is 0 Å². The second-order valence-electron chi connectivity index (χ2n) is 3.72. The molecule has 1 aromatic carbocycles. The van der Waals surface area contributed by atoms with Gasteiger partial charge in [-0.25, -0.2) is 0 Å². The molecule has 0 aliphatic rings. The van der Waals surface area contributed by atoms with E-state index in [1.54, 1.807) is 0 Å². The zero-order valence-corrected chi connectivity index (χ0v) is 8.65. The Kier molecular flexibility index (Phi) is 2.79. The average Bonchev–Trinajstić information content (AvgIpc) is 2.05. The van der Waals surface area contributed by atoms with Crippen molar-refractivity contribution < 1.29 is 0 Å². The van der Waals surface area contributed by atoms with Gasteiger partial charge < -0.3 is 0 Å². The Morgan fingerprint density at radius 2 is 1.83 bits per heavy atom. The molecule has 0 saturated carbocycles. The van der Waals surface area contributed by atoms with Gasteiger partial charge in [0.15, 0.2) is 0 Å². The highest BCUT2D eigenvalue weighted by Crippen LogP contribution is 2.31. The summed E-state index contributed by atoms with van der Waals surface area (Å²) in [4.78, 5) is 0. The molecule has 1 aromatic rings. The molecule has 0 bridgehead atoms. The van der Waals surface area contributed by atoms with Crippen LogP contribution in [-0.4, -0.2) is 0 Å². The number of hydrogen-bond acceptors (Lipinski definition) is 0. The molecule has 0 fully saturated rings. The molecular weight excluding hydrogens is 168 g/mol. The molecule has 66 valence electrons. The third-order valence-corrected chi connectivity index (χ3v) is 2.82. The van der Waals surface area contributed by atoms with Crippen LogP contribution < -0.4 is 0 Å². The minimum atomic E-state index is 0.193. The van der Waals surface area contributed by atoms with Gasteiger partial charge in [0.1, 0.15) is 0 Å². The second-order valence-corrected chi connectivity index (χ2v) is 4.12. The minimum absolute atomic E-state index is 0.193. The van der Waals surface area contributed by atoms with Gasteiger partial charge in [0, 0.05) is 5.02 Å². The predicted octanol–water partition coefficient (Wildman–Crippen LogP) is 4.03. The zero-order valence-electron chi connectivity index (χ0n) is 7.89. The van der Waals surface area contributed by atoms with Gasteiger partial charge in [-0.2, -0.15) is 0 Å². The summed E-state index contributed by atoms with van der Waals surface area (Å²) < 4.78 is 0. The molecule has 0 aliphatic heterocycles. The maximum atomic E-state index is 6.09. The van der Waals surface area contributed by atoms with Crippen molar-refractivity contribution in [2.24, 2.45) is 0 Å². The Morgan fingerprint density at radius 1 is 1.25 bits per heavy atom. The van der Waals surface area contributed by atoms with Crippen LogP contribution >= 0.6 is 11.6 Å². The standard InChI is InChI=1S/C11H15Cl/c1-4-11(2,3)9-7-5-6-8-10(9)12/h5-8H,4H2,1-3H3. The minimum Gasteiger partial charge on any atom is -0.0840 e. The summed E-state index contributed by atoms with van der Waals surface area (Å²) in [6.07, 6.45) is 1.11. The van der Waals surface area contributed by atoms with Crippen molar-refractivity contribution in [2.75, 3.05) is 0 Å². The molecule has 0 heterocycles. The molecule has 0 nitrogen and oxygen atoms in total. The molecule has 0 spiro atoms. The molecule has 0 aliphatic carbocycles. The Labute approximate surface area is 79.6 Å². The molecular formula is C11H15Cl. The molecule has 0 aromatic heterocycles. The van der Waals surface area contributed by atoms with Crippen molar-refractivity contribution >= 4 is 11.6 Å². The first-order valence-electron chi connectivity index (χ1n) is 4.33. The van der Waals surface area contributed by atoms with Gasteiger partial charge in [-0.1, -0.05) is 50.6 Å². The zero-order chi connectivity index (χ0) is 9.19. The van der Waals surface area contributed by atoms with E-state index < -0.39 is 0 Å². The molecule has 12 heavy (non-hydrogen) atoms. The monoisotopic (exact) mass is 182 g/mol. The van der Waals surface area contributed by atoms with E-state index in [-0.39, 0.29) is 5.41 Å². The maximum absolute atomic E-state index is 6.09. The lowest BCUT2D eigenvalue weighted by molar-refractivity contribution is 0.506. The van der Waals surface area contributed by atoms with E-state index in [2.05, 4.69) is 26.8 Å². The number of hydrogen-bond donors (Lipinski definition) is 0. The summed E-state index contributed by atoms with van der Waals surface area (Å²) in [5.74, 6) is 0. The van der Waals surface area contributed by atoms with Crippen LogP contribution in [-0.2, 0) is 5.41 Å². The predicted molar refractivity (Wildman–Crippen MR) is 54.8 cm³/mol. The van der Waals surface area contributed by atoms with Crippen molar-refractivity contribution in [1.82, 2.24) is 0 Å². The Bertz CT molecular complexity index is 263. The van der Waals surface area contributed by atoms with Crippen LogP contribution in [0.4, 0.5) is 0 Å². The van der Waals surface area contributed by atoms with Gasteiger partial charge in [-0.05, 0) is 23.5 Å². The summed E-state index contributed by atoms with van der Waals surface area (Å²) in [6.45, 7) is 6.62. The average molecular weight is 183 g/mol. The van der Waals surface area contributed by atoms with Crippen LogP contribution in [0.25, 0.3) is 0 Å². The van der Waals surface area contributed by atoms with Gasteiger partial charge in [-0.15, -0.1) is 0 Å². The van der Waals surface area contributed by atoms with Crippen molar-refractivity contribution in [3.05, 3.63) is 34.9 Å². The molecule has 0 amide bonds. The lowest BCUT2D eigenvalue weighted by atomic mass is 9.82. The van der Waals surface area contributed by atoms with Crippen molar-refractivity contribution in [3.63, 3.8) is 0 Å². The van der Waals surface area contributed by atoms with E-state index in [4.69, 9.17) is 11.6 Å². The Balaban J connectivity index is 3.10. The first kappa shape index (κ1) is 9.60. The smallest absolute Gasteiger partial charge is 0.0443 e. The summed E-state index contributed by atoms with van der Waals surface area (Å²) >= 11 is 6.09. The van der Waals surface area contributed by atoms with Crippen LogP contribution in [0.5, 0.6) is 0 Å². The SMILES string of the molecule is CCC(C)(C)c1ccccc1Cl. The Hall–Kier alpha value is -0.490. The maximum Gasteiger partial charge on any atom is 0.0443 e. The second kappa shape index (κ2) is 3.49. The molecule has 0 N–H and O–H groups in total. The fourth-order valence-electron chi connectivity index (χ4n) is 1.20. The molecule has 1 heteroatoms. The van der Waals surface area contributed by atoms with E-state index >= 15 is 0 Å². The highest BCUT2D eigenvalue weighted by Gasteiger charge is 2.19. The lowest BCUT2D eigenvalue weighted by Crippen LogP contribution is -2.15. The van der Waals surface area contributed by atoms with Gasteiger partial charge in [0.25, 0.3) is 0 Å². The molecule has 0 saturated heterocycles. The first-order chi connectivity index (χ1) is 5.58. The summed E-state index contributed by atoms with van der Waals surface area (Å²) in [5.41, 5.74) is 1.44. The summed E-state index contributed by atoms with van der Waals surface area (Å²) in [6, 6.07) is 8.07. The van der Waals surface area contributed by atoms with Crippen LogP contribution in [0.2, 0.25) is 5.02 Å². The van der Waals surface area contributed by atoms with Crippen molar-refractivity contribution in [2.45, 2.75) is 32.6 Å². The van der Waals surface area contributed by atoms with Gasteiger partial charge in [0.2, 0.25) is 0 Å². The summed E-state index contributed by atoms with van der Waals surface area (Å²) in [7, 11) is 0. The highest BCUT2D eigenvalue weighted by atomic mass is 35.5. The third-order valence-electron chi connectivity index (χ3n) is 2.49.